The zero-order valence-corrected chi connectivity index (χ0v) is 20.1. The predicted octanol–water partition coefficient (Wildman–Crippen LogP) is 6.36. The van der Waals surface area contributed by atoms with Gasteiger partial charge >= 0.3 is 6.18 Å². The third-order valence-electron chi connectivity index (χ3n) is 6.05. The van der Waals surface area contributed by atoms with E-state index in [1.807, 2.05) is 16.7 Å². The largest absolute Gasteiger partial charge is 0.416 e. The Kier molecular flexibility index (Phi) is 6.39. The molecular weight excluding hydrogens is 467 g/mol. The van der Waals surface area contributed by atoms with Gasteiger partial charge in [-0.1, -0.05) is 45.0 Å². The maximum atomic E-state index is 12.8. The average molecular weight is 494 g/mol. The third kappa shape index (κ3) is 5.27. The Hall–Kier alpha value is -4.07. The van der Waals surface area contributed by atoms with Crippen molar-refractivity contribution in [2.45, 2.75) is 38.9 Å². The van der Waals surface area contributed by atoms with Crippen LogP contribution in [-0.2, 0) is 18.1 Å². The number of anilines is 1. The number of alkyl halides is 3. The van der Waals surface area contributed by atoms with Gasteiger partial charge in [0.2, 0.25) is 0 Å². The lowest BCUT2D eigenvalue weighted by Crippen LogP contribution is -2.17. The van der Waals surface area contributed by atoms with Crippen molar-refractivity contribution >= 4 is 28.4 Å². The Bertz CT molecular complexity index is 1430. The highest BCUT2D eigenvalue weighted by atomic mass is 19.4. The first-order valence-electron chi connectivity index (χ1n) is 11.3. The van der Waals surface area contributed by atoms with Crippen LogP contribution >= 0.6 is 0 Å². The van der Waals surface area contributed by atoms with Crippen molar-refractivity contribution < 1.29 is 22.8 Å². The average Bonchev–Trinajstić information content (AvgIpc) is 3.16. The van der Waals surface area contributed by atoms with E-state index in [4.69, 9.17) is 5.73 Å². The molecule has 0 unspecified atom stereocenters. The molecule has 5 nitrogen and oxygen atoms in total. The number of rotatable bonds is 5. The topological polar surface area (TPSA) is 77.1 Å². The van der Waals surface area contributed by atoms with Crippen LogP contribution < -0.4 is 11.1 Å². The molecule has 0 saturated carbocycles. The van der Waals surface area contributed by atoms with Crippen molar-refractivity contribution in [3.63, 3.8) is 0 Å². The molecule has 3 aromatic carbocycles. The lowest BCUT2D eigenvalue weighted by atomic mass is 9.87. The summed E-state index contributed by atoms with van der Waals surface area (Å²) >= 11 is 0. The van der Waals surface area contributed by atoms with Gasteiger partial charge in [0.05, 0.1) is 5.56 Å². The van der Waals surface area contributed by atoms with Gasteiger partial charge in [-0.3, -0.25) is 9.59 Å². The van der Waals surface area contributed by atoms with E-state index in [0.29, 0.717) is 23.3 Å². The summed E-state index contributed by atoms with van der Waals surface area (Å²) in [6, 6.07) is 19.0. The molecule has 0 atom stereocenters. The van der Waals surface area contributed by atoms with Gasteiger partial charge in [-0.05, 0) is 65.1 Å². The summed E-state index contributed by atoms with van der Waals surface area (Å²) in [5.74, 6) is -1.12. The van der Waals surface area contributed by atoms with Gasteiger partial charge in [0, 0.05) is 28.7 Å². The van der Waals surface area contributed by atoms with Crippen LogP contribution in [0.1, 0.15) is 58.3 Å². The van der Waals surface area contributed by atoms with Gasteiger partial charge in [0.15, 0.2) is 0 Å². The molecule has 36 heavy (non-hydrogen) atoms. The number of carbonyl (C=O) groups is 2. The molecule has 0 spiro atoms. The molecule has 0 bridgehead atoms. The van der Waals surface area contributed by atoms with Crippen molar-refractivity contribution in [3.05, 3.63) is 101 Å². The van der Waals surface area contributed by atoms with E-state index in [1.165, 1.54) is 5.56 Å². The molecule has 0 aliphatic carbocycles. The molecule has 1 aromatic heterocycles. The van der Waals surface area contributed by atoms with Crippen LogP contribution in [0.5, 0.6) is 0 Å². The molecule has 4 aromatic rings. The van der Waals surface area contributed by atoms with Crippen molar-refractivity contribution in [2.24, 2.45) is 5.73 Å². The van der Waals surface area contributed by atoms with E-state index < -0.39 is 23.6 Å². The molecule has 1 heterocycles. The molecule has 4 rings (SSSR count). The summed E-state index contributed by atoms with van der Waals surface area (Å²) in [6.45, 7) is 6.85. The SMILES string of the molecule is CC(C)(C)c1ccc(Cn2c(C(N)=O)cc3cc(NC(=O)c4ccc(C(F)(F)F)cc4)ccc32)cc1. The summed E-state index contributed by atoms with van der Waals surface area (Å²) < 4.78 is 40.1. The fourth-order valence-electron chi connectivity index (χ4n) is 4.03. The van der Waals surface area contributed by atoms with Gasteiger partial charge in [-0.25, -0.2) is 0 Å². The number of primary amides is 1. The van der Waals surface area contributed by atoms with Gasteiger partial charge in [-0.15, -0.1) is 0 Å². The summed E-state index contributed by atoms with van der Waals surface area (Å²) in [6.07, 6.45) is -4.47. The smallest absolute Gasteiger partial charge is 0.364 e. The van der Waals surface area contributed by atoms with Crippen molar-refractivity contribution in [2.75, 3.05) is 5.32 Å². The van der Waals surface area contributed by atoms with Crippen LogP contribution in [0.4, 0.5) is 18.9 Å². The van der Waals surface area contributed by atoms with Crippen LogP contribution in [-0.4, -0.2) is 16.4 Å². The molecular formula is C28H26F3N3O2. The molecule has 8 heteroatoms. The first-order chi connectivity index (χ1) is 16.8. The highest BCUT2D eigenvalue weighted by Crippen LogP contribution is 2.30. The fraction of sp³-hybridized carbons (Fsp3) is 0.214. The van der Waals surface area contributed by atoms with Crippen LogP contribution in [0.3, 0.4) is 0 Å². The van der Waals surface area contributed by atoms with Gasteiger partial charge in [0.1, 0.15) is 5.69 Å². The highest BCUT2D eigenvalue weighted by molar-refractivity contribution is 6.05. The number of carbonyl (C=O) groups excluding carboxylic acids is 2. The Labute approximate surface area is 206 Å². The fourth-order valence-corrected chi connectivity index (χ4v) is 4.03. The van der Waals surface area contributed by atoms with E-state index in [9.17, 15) is 22.8 Å². The number of nitrogens with one attached hydrogen (secondary N) is 1. The lowest BCUT2D eigenvalue weighted by Gasteiger charge is -2.19. The maximum absolute atomic E-state index is 12.8. The van der Waals surface area contributed by atoms with Gasteiger partial charge in [0.25, 0.3) is 11.8 Å². The molecule has 0 saturated heterocycles. The van der Waals surface area contributed by atoms with Gasteiger partial charge in [-0.2, -0.15) is 13.2 Å². The summed E-state index contributed by atoms with van der Waals surface area (Å²) in [4.78, 5) is 24.7. The van der Waals surface area contributed by atoms with E-state index in [1.54, 1.807) is 24.3 Å². The maximum Gasteiger partial charge on any atom is 0.416 e. The second-order valence-corrected chi connectivity index (χ2v) is 9.73. The second kappa shape index (κ2) is 9.18. The zero-order chi connectivity index (χ0) is 26.3. The first kappa shape index (κ1) is 25.0. The van der Waals surface area contributed by atoms with Crippen LogP contribution in [0.2, 0.25) is 0 Å². The molecule has 0 aliphatic rings. The number of hydrogen-bond acceptors (Lipinski definition) is 2. The number of hydrogen-bond donors (Lipinski definition) is 2. The van der Waals surface area contributed by atoms with Crippen molar-refractivity contribution in [1.82, 2.24) is 4.57 Å². The van der Waals surface area contributed by atoms with Gasteiger partial charge < -0.3 is 15.6 Å². The summed E-state index contributed by atoms with van der Waals surface area (Å²) in [5, 5.41) is 3.39. The standard InChI is InChI=1S/C28H26F3N3O2/c1-27(2,3)20-8-4-17(5-9-20)16-34-23-13-12-22(14-19(23)15-24(34)25(32)35)33-26(36)18-6-10-21(11-7-18)28(29,30)31/h4-15H,16H2,1-3H3,(H2,32,35)(H,33,36). The van der Waals surface area contributed by atoms with Crippen LogP contribution in [0, 0.1) is 0 Å². The normalized spacial score (nSPS) is 12.1. The predicted molar refractivity (Wildman–Crippen MR) is 134 cm³/mol. The Morgan fingerprint density at radius 3 is 2.03 bits per heavy atom. The van der Waals surface area contributed by atoms with E-state index in [0.717, 1.165) is 35.3 Å². The minimum Gasteiger partial charge on any atom is -0.364 e. The molecule has 186 valence electrons. The Balaban J connectivity index is 1.59. The monoisotopic (exact) mass is 493 g/mol. The first-order valence-corrected chi connectivity index (χ1v) is 11.3. The van der Waals surface area contributed by atoms with Crippen molar-refractivity contribution in [1.29, 1.82) is 0 Å². The number of benzene rings is 3. The number of nitrogens with two attached hydrogens (primary N) is 1. The van der Waals surface area contributed by atoms with E-state index in [2.05, 4.69) is 38.2 Å². The number of aromatic nitrogens is 1. The minimum atomic E-state index is -4.47. The van der Waals surface area contributed by atoms with Crippen LogP contribution in [0.15, 0.2) is 72.8 Å². The number of amides is 2. The molecule has 0 radical (unpaired) electrons. The van der Waals surface area contributed by atoms with E-state index >= 15 is 0 Å². The quantitative estimate of drug-likeness (QED) is 0.340. The molecule has 0 aliphatic heterocycles. The zero-order valence-electron chi connectivity index (χ0n) is 20.1. The summed E-state index contributed by atoms with van der Waals surface area (Å²) in [5.41, 5.74) is 8.67. The highest BCUT2D eigenvalue weighted by Gasteiger charge is 2.30. The van der Waals surface area contributed by atoms with E-state index in [-0.39, 0.29) is 11.0 Å². The van der Waals surface area contributed by atoms with Crippen LogP contribution in [0.25, 0.3) is 10.9 Å². The number of fused-ring (bicyclic) bond motifs is 1. The number of halogens is 3. The molecule has 2 amide bonds. The third-order valence-corrected chi connectivity index (χ3v) is 6.05. The Morgan fingerprint density at radius 1 is 0.861 bits per heavy atom. The minimum absolute atomic E-state index is 0.0261. The summed E-state index contributed by atoms with van der Waals surface area (Å²) in [7, 11) is 0. The lowest BCUT2D eigenvalue weighted by molar-refractivity contribution is -0.137. The number of nitrogens with zero attached hydrogens (tertiary/aromatic N) is 1. The Morgan fingerprint density at radius 2 is 1.47 bits per heavy atom. The van der Waals surface area contributed by atoms with Crippen molar-refractivity contribution in [3.8, 4) is 0 Å². The molecule has 3 N–H and O–H groups in total. The molecule has 0 fully saturated rings. The second-order valence-electron chi connectivity index (χ2n) is 9.73.